The molecular formula is C11H16N2O. The highest BCUT2D eigenvalue weighted by Gasteiger charge is 2.15. The maximum absolute atomic E-state index is 5.37. The third kappa shape index (κ3) is 2.36. The number of aromatic nitrogens is 1. The first kappa shape index (κ1) is 10.8. The minimum Gasteiger partial charge on any atom is -0.361 e. The molecule has 0 spiro atoms. The summed E-state index contributed by atoms with van der Waals surface area (Å²) in [6, 6.07) is 0. The molecular weight excluding hydrogens is 176 g/mol. The van der Waals surface area contributed by atoms with Crippen molar-refractivity contribution >= 4 is 0 Å². The van der Waals surface area contributed by atoms with Crippen LogP contribution in [0.15, 0.2) is 4.52 Å². The summed E-state index contributed by atoms with van der Waals surface area (Å²) in [5.74, 6) is 3.53. The van der Waals surface area contributed by atoms with Gasteiger partial charge in [-0.2, -0.15) is 0 Å². The van der Waals surface area contributed by atoms with Gasteiger partial charge < -0.3 is 4.52 Å². The zero-order chi connectivity index (χ0) is 10.8. The van der Waals surface area contributed by atoms with Gasteiger partial charge in [0, 0.05) is 12.1 Å². The zero-order valence-corrected chi connectivity index (χ0v) is 9.14. The summed E-state index contributed by atoms with van der Waals surface area (Å²) in [5.41, 5.74) is 1.71. The van der Waals surface area contributed by atoms with Crippen molar-refractivity contribution in [2.75, 3.05) is 0 Å². The molecule has 0 aliphatic carbocycles. The average Bonchev–Trinajstić information content (AvgIpc) is 2.44. The van der Waals surface area contributed by atoms with Crippen LogP contribution < -0.4 is 5.32 Å². The monoisotopic (exact) mass is 192 g/mol. The van der Waals surface area contributed by atoms with Crippen LogP contribution in [0.2, 0.25) is 0 Å². The molecule has 3 nitrogen and oxygen atoms in total. The molecule has 0 bridgehead atoms. The topological polar surface area (TPSA) is 38.1 Å². The Labute approximate surface area is 84.9 Å². The molecule has 0 aromatic carbocycles. The molecule has 3 heteroatoms. The maximum atomic E-state index is 5.37. The lowest BCUT2D eigenvalue weighted by atomic mass is 10.1. The second-order valence-corrected chi connectivity index (χ2v) is 3.93. The molecule has 0 saturated heterocycles. The Hall–Kier alpha value is -1.27. The minimum atomic E-state index is -0.295. The van der Waals surface area contributed by atoms with Crippen LogP contribution in [-0.2, 0) is 6.54 Å². The third-order valence-electron chi connectivity index (χ3n) is 2.25. The summed E-state index contributed by atoms with van der Waals surface area (Å²) >= 11 is 0. The molecule has 1 rings (SSSR count). The molecule has 0 amide bonds. The quantitative estimate of drug-likeness (QED) is 0.742. The molecule has 76 valence electrons. The summed E-state index contributed by atoms with van der Waals surface area (Å²) in [6.45, 7) is 8.45. The van der Waals surface area contributed by atoms with E-state index in [9.17, 15) is 0 Å². The lowest BCUT2D eigenvalue weighted by Gasteiger charge is -2.19. The van der Waals surface area contributed by atoms with E-state index < -0.39 is 0 Å². The van der Waals surface area contributed by atoms with E-state index in [1.807, 2.05) is 27.7 Å². The van der Waals surface area contributed by atoms with Crippen molar-refractivity contribution in [1.82, 2.24) is 10.5 Å². The number of nitrogens with zero attached hydrogens (tertiary/aromatic N) is 1. The standard InChI is InChI=1S/C11H16N2O/c1-6-11(4,5)12-7-10-8(2)13-14-9(10)3/h1,12H,7H2,2-5H3. The van der Waals surface area contributed by atoms with E-state index in [4.69, 9.17) is 10.9 Å². The van der Waals surface area contributed by atoms with E-state index in [0.717, 1.165) is 17.0 Å². The molecule has 0 atom stereocenters. The van der Waals surface area contributed by atoms with Gasteiger partial charge >= 0.3 is 0 Å². The van der Waals surface area contributed by atoms with Crippen molar-refractivity contribution in [1.29, 1.82) is 0 Å². The maximum Gasteiger partial charge on any atom is 0.138 e. The van der Waals surface area contributed by atoms with Gasteiger partial charge in [0.1, 0.15) is 5.76 Å². The van der Waals surface area contributed by atoms with Crippen molar-refractivity contribution in [2.24, 2.45) is 0 Å². The Morgan fingerprint density at radius 3 is 2.57 bits per heavy atom. The molecule has 0 aliphatic rings. The van der Waals surface area contributed by atoms with Gasteiger partial charge in [-0.1, -0.05) is 11.1 Å². The van der Waals surface area contributed by atoms with E-state index in [1.165, 1.54) is 0 Å². The number of hydrogen-bond acceptors (Lipinski definition) is 3. The molecule has 0 radical (unpaired) electrons. The van der Waals surface area contributed by atoms with Crippen LogP contribution in [0.25, 0.3) is 0 Å². The fourth-order valence-corrected chi connectivity index (χ4v) is 1.11. The van der Waals surface area contributed by atoms with Crippen molar-refractivity contribution < 1.29 is 4.52 Å². The van der Waals surface area contributed by atoms with Crippen LogP contribution in [0.4, 0.5) is 0 Å². The lowest BCUT2D eigenvalue weighted by molar-refractivity contribution is 0.391. The number of rotatable bonds is 3. The molecule has 1 heterocycles. The largest absolute Gasteiger partial charge is 0.361 e. The molecule has 0 unspecified atom stereocenters. The van der Waals surface area contributed by atoms with Gasteiger partial charge in [-0.05, 0) is 27.7 Å². The van der Waals surface area contributed by atoms with Crippen LogP contribution in [0.3, 0.4) is 0 Å². The summed E-state index contributed by atoms with van der Waals surface area (Å²) in [7, 11) is 0. The second-order valence-electron chi connectivity index (χ2n) is 3.93. The third-order valence-corrected chi connectivity index (χ3v) is 2.25. The van der Waals surface area contributed by atoms with E-state index in [-0.39, 0.29) is 5.54 Å². The highest BCUT2D eigenvalue weighted by molar-refractivity contribution is 5.21. The molecule has 0 aliphatic heterocycles. The summed E-state index contributed by atoms with van der Waals surface area (Å²) in [5, 5.41) is 7.13. The molecule has 0 saturated carbocycles. The second kappa shape index (κ2) is 3.85. The normalized spacial score (nSPS) is 11.4. The van der Waals surface area contributed by atoms with Crippen LogP contribution in [-0.4, -0.2) is 10.7 Å². The van der Waals surface area contributed by atoms with Crippen LogP contribution in [0.5, 0.6) is 0 Å². The predicted octanol–water partition coefficient (Wildman–Crippen LogP) is 1.79. The highest BCUT2D eigenvalue weighted by atomic mass is 16.5. The Bertz CT molecular complexity index is 338. The molecule has 0 fully saturated rings. The van der Waals surface area contributed by atoms with Crippen molar-refractivity contribution in [3.63, 3.8) is 0 Å². The first-order valence-electron chi connectivity index (χ1n) is 4.61. The average molecular weight is 192 g/mol. The first-order valence-corrected chi connectivity index (χ1v) is 4.61. The van der Waals surface area contributed by atoms with Gasteiger partial charge in [0.15, 0.2) is 0 Å². The number of terminal acetylenes is 1. The van der Waals surface area contributed by atoms with Crippen LogP contribution in [0.1, 0.15) is 30.9 Å². The number of hydrogen-bond donors (Lipinski definition) is 1. The summed E-state index contributed by atoms with van der Waals surface area (Å²) < 4.78 is 5.05. The summed E-state index contributed by atoms with van der Waals surface area (Å²) in [4.78, 5) is 0. The van der Waals surface area contributed by atoms with Gasteiger partial charge in [-0.15, -0.1) is 6.42 Å². The Morgan fingerprint density at radius 2 is 2.14 bits per heavy atom. The zero-order valence-electron chi connectivity index (χ0n) is 9.14. The molecule has 1 aromatic heterocycles. The van der Waals surface area contributed by atoms with Gasteiger partial charge in [-0.25, -0.2) is 0 Å². The smallest absolute Gasteiger partial charge is 0.138 e. The number of aryl methyl sites for hydroxylation is 2. The Kier molecular flexibility index (Phi) is 2.97. The first-order chi connectivity index (χ1) is 6.46. The van der Waals surface area contributed by atoms with Gasteiger partial charge in [-0.3, -0.25) is 5.32 Å². The van der Waals surface area contributed by atoms with Crippen molar-refractivity contribution in [3.05, 3.63) is 17.0 Å². The molecule has 1 N–H and O–H groups in total. The van der Waals surface area contributed by atoms with Crippen molar-refractivity contribution in [2.45, 2.75) is 39.8 Å². The molecule has 1 aromatic rings. The van der Waals surface area contributed by atoms with Gasteiger partial charge in [0.05, 0.1) is 11.2 Å². The van der Waals surface area contributed by atoms with E-state index in [2.05, 4.69) is 16.4 Å². The predicted molar refractivity (Wildman–Crippen MR) is 55.7 cm³/mol. The van der Waals surface area contributed by atoms with Gasteiger partial charge in [0.2, 0.25) is 0 Å². The Morgan fingerprint density at radius 1 is 1.50 bits per heavy atom. The number of nitrogens with one attached hydrogen (secondary N) is 1. The minimum absolute atomic E-state index is 0.295. The molecule has 14 heavy (non-hydrogen) atoms. The van der Waals surface area contributed by atoms with Gasteiger partial charge in [0.25, 0.3) is 0 Å². The summed E-state index contributed by atoms with van der Waals surface area (Å²) in [6.07, 6.45) is 5.37. The van der Waals surface area contributed by atoms with Crippen LogP contribution >= 0.6 is 0 Å². The van der Waals surface area contributed by atoms with E-state index >= 15 is 0 Å². The van der Waals surface area contributed by atoms with Crippen LogP contribution in [0, 0.1) is 26.2 Å². The fourth-order valence-electron chi connectivity index (χ4n) is 1.11. The SMILES string of the molecule is C#CC(C)(C)NCc1c(C)noc1C. The Balaban J connectivity index is 2.68. The van der Waals surface area contributed by atoms with E-state index in [1.54, 1.807) is 0 Å². The fraction of sp³-hybridized carbons (Fsp3) is 0.545. The lowest BCUT2D eigenvalue weighted by Crippen LogP contribution is -2.37. The van der Waals surface area contributed by atoms with E-state index in [0.29, 0.717) is 6.54 Å². The highest BCUT2D eigenvalue weighted by Crippen LogP contribution is 2.13. The van der Waals surface area contributed by atoms with Crippen molar-refractivity contribution in [3.8, 4) is 12.3 Å².